The van der Waals surface area contributed by atoms with E-state index in [2.05, 4.69) is 121 Å². The van der Waals surface area contributed by atoms with Crippen molar-refractivity contribution in [3.63, 3.8) is 0 Å². The fourth-order valence-corrected chi connectivity index (χ4v) is 8.62. The molecule has 0 bridgehead atoms. The molecular formula is C25H25Cl2P. The summed E-state index contributed by atoms with van der Waals surface area (Å²) < 4.78 is 0. The van der Waals surface area contributed by atoms with Gasteiger partial charge in [0, 0.05) is 0 Å². The number of hydrogen-bond donors (Lipinski definition) is 0. The summed E-state index contributed by atoms with van der Waals surface area (Å²) in [7, 11) is -2.16. The second kappa shape index (κ2) is 10.4. The average Bonchev–Trinajstić information content (AvgIpc) is 2.75. The molecular weight excluding hydrogens is 402 g/mol. The van der Waals surface area contributed by atoms with Gasteiger partial charge in [0.05, 0.1) is 0 Å². The third-order valence-corrected chi connectivity index (χ3v) is 10.0. The van der Waals surface area contributed by atoms with Crippen molar-refractivity contribution >= 4 is 48.0 Å². The molecule has 0 N–H and O–H groups in total. The molecule has 4 rings (SSSR count). The van der Waals surface area contributed by atoms with Gasteiger partial charge in [0.2, 0.25) is 0 Å². The third-order valence-electron chi connectivity index (χ3n) is 5.11. The molecule has 0 atom stereocenters. The van der Waals surface area contributed by atoms with E-state index in [1.165, 1.54) is 21.5 Å². The van der Waals surface area contributed by atoms with Crippen molar-refractivity contribution in [1.82, 2.24) is 0 Å². The molecule has 0 unspecified atom stereocenters. The quantitative estimate of drug-likeness (QED) is 0.356. The SMILES string of the molecule is Cl.Cl.c1ccc(C[PH](c2ccccc2)(c2ccccc2)c2ccccc2)cc1. The first-order chi connectivity index (χ1) is 12.9. The molecule has 0 fully saturated rings. The van der Waals surface area contributed by atoms with Crippen LogP contribution in [0.15, 0.2) is 121 Å². The van der Waals surface area contributed by atoms with Gasteiger partial charge in [-0.3, -0.25) is 0 Å². The van der Waals surface area contributed by atoms with Crippen molar-refractivity contribution in [3.05, 3.63) is 127 Å². The Labute approximate surface area is 180 Å². The Morgan fingerprint density at radius 3 is 1.00 bits per heavy atom. The molecule has 0 heterocycles. The molecule has 144 valence electrons. The number of benzene rings is 4. The molecule has 0 radical (unpaired) electrons. The van der Waals surface area contributed by atoms with E-state index >= 15 is 0 Å². The zero-order valence-corrected chi connectivity index (χ0v) is 18.2. The Morgan fingerprint density at radius 1 is 0.393 bits per heavy atom. The van der Waals surface area contributed by atoms with Crippen molar-refractivity contribution < 1.29 is 0 Å². The van der Waals surface area contributed by atoms with Crippen LogP contribution in [0.4, 0.5) is 0 Å². The number of rotatable bonds is 5. The van der Waals surface area contributed by atoms with Crippen LogP contribution >= 0.6 is 32.1 Å². The van der Waals surface area contributed by atoms with Crippen LogP contribution in [-0.4, -0.2) is 0 Å². The molecule has 0 saturated heterocycles. The van der Waals surface area contributed by atoms with Gasteiger partial charge >= 0.3 is 156 Å². The van der Waals surface area contributed by atoms with Crippen molar-refractivity contribution in [2.24, 2.45) is 0 Å². The van der Waals surface area contributed by atoms with E-state index in [1.54, 1.807) is 0 Å². The van der Waals surface area contributed by atoms with Crippen LogP contribution in [0.2, 0.25) is 0 Å². The molecule has 0 aliphatic rings. The van der Waals surface area contributed by atoms with Gasteiger partial charge in [-0.15, -0.1) is 24.8 Å². The number of hydrogen-bond acceptors (Lipinski definition) is 0. The first-order valence-electron chi connectivity index (χ1n) is 9.10. The van der Waals surface area contributed by atoms with Crippen LogP contribution in [0.25, 0.3) is 0 Å². The zero-order chi connectivity index (χ0) is 17.7. The Balaban J connectivity index is 0.00000140. The van der Waals surface area contributed by atoms with Crippen molar-refractivity contribution in [1.29, 1.82) is 0 Å². The molecule has 0 aliphatic carbocycles. The molecule has 4 aromatic rings. The van der Waals surface area contributed by atoms with Crippen LogP contribution in [0.5, 0.6) is 0 Å². The maximum atomic E-state index is 2.31. The van der Waals surface area contributed by atoms with Gasteiger partial charge in [-0.05, 0) is 0 Å². The van der Waals surface area contributed by atoms with Crippen LogP contribution in [-0.2, 0) is 6.16 Å². The zero-order valence-electron chi connectivity index (χ0n) is 15.6. The van der Waals surface area contributed by atoms with E-state index in [0.29, 0.717) is 0 Å². The van der Waals surface area contributed by atoms with E-state index in [4.69, 9.17) is 0 Å². The number of halogens is 2. The van der Waals surface area contributed by atoms with Crippen LogP contribution in [0, 0.1) is 0 Å². The van der Waals surface area contributed by atoms with Gasteiger partial charge in [-0.2, -0.15) is 0 Å². The third kappa shape index (κ3) is 4.47. The summed E-state index contributed by atoms with van der Waals surface area (Å²) in [4.78, 5) is 0. The molecule has 0 nitrogen and oxygen atoms in total. The first-order valence-corrected chi connectivity index (χ1v) is 11.3. The summed E-state index contributed by atoms with van der Waals surface area (Å²) in [5, 5.41) is 4.38. The molecule has 0 aliphatic heterocycles. The minimum atomic E-state index is -2.16. The van der Waals surface area contributed by atoms with Crippen molar-refractivity contribution in [2.75, 3.05) is 0 Å². The summed E-state index contributed by atoms with van der Waals surface area (Å²) in [6, 6.07) is 44.2. The Morgan fingerprint density at radius 2 is 0.679 bits per heavy atom. The summed E-state index contributed by atoms with van der Waals surface area (Å²) in [5.74, 6) is 0. The topological polar surface area (TPSA) is 0 Å². The van der Waals surface area contributed by atoms with Gasteiger partial charge in [0.1, 0.15) is 0 Å². The van der Waals surface area contributed by atoms with Gasteiger partial charge < -0.3 is 0 Å². The summed E-state index contributed by atoms with van der Waals surface area (Å²) in [6.45, 7) is 0. The molecule has 0 amide bonds. The van der Waals surface area contributed by atoms with Crippen LogP contribution < -0.4 is 15.9 Å². The standard InChI is InChI=1S/C25H23P.2ClH/c1-5-13-22(14-6-1)21-26(23-15-7-2-8-16-23,24-17-9-3-10-18-24)25-19-11-4-12-20-25;;/h1-20,26H,21H2;2*1H. The fraction of sp³-hybridized carbons (Fsp3) is 0.0400. The fourth-order valence-electron chi connectivity index (χ4n) is 3.88. The van der Waals surface area contributed by atoms with E-state index in [1.807, 2.05) is 0 Å². The Bertz CT molecular complexity index is 846. The minimum absolute atomic E-state index is 0. The van der Waals surface area contributed by atoms with Crippen molar-refractivity contribution in [2.45, 2.75) is 6.16 Å². The molecule has 28 heavy (non-hydrogen) atoms. The first kappa shape index (κ1) is 22.2. The second-order valence-corrected chi connectivity index (χ2v) is 10.6. The van der Waals surface area contributed by atoms with Crippen LogP contribution in [0.1, 0.15) is 5.56 Å². The van der Waals surface area contributed by atoms with Gasteiger partial charge in [0.25, 0.3) is 0 Å². The monoisotopic (exact) mass is 426 g/mol. The molecule has 4 aromatic carbocycles. The summed E-state index contributed by atoms with van der Waals surface area (Å²) >= 11 is 0. The predicted molar refractivity (Wildman–Crippen MR) is 131 cm³/mol. The maximum absolute atomic E-state index is 2.31. The van der Waals surface area contributed by atoms with Gasteiger partial charge in [-0.25, -0.2) is 0 Å². The molecule has 0 spiro atoms. The van der Waals surface area contributed by atoms with Gasteiger partial charge in [-0.1, -0.05) is 0 Å². The second-order valence-electron chi connectivity index (χ2n) is 6.67. The predicted octanol–water partition coefficient (Wildman–Crippen LogP) is 5.76. The average molecular weight is 427 g/mol. The Hall–Kier alpha value is -2.11. The molecule has 3 heteroatoms. The summed E-state index contributed by atoms with van der Waals surface area (Å²) in [6.07, 6.45) is 1.06. The Kier molecular flexibility index (Phi) is 8.27. The van der Waals surface area contributed by atoms with Gasteiger partial charge in [0.15, 0.2) is 0 Å². The van der Waals surface area contributed by atoms with E-state index in [0.717, 1.165) is 6.16 Å². The summed E-state index contributed by atoms with van der Waals surface area (Å²) in [5.41, 5.74) is 1.40. The molecule has 0 saturated carbocycles. The molecule has 0 aromatic heterocycles. The van der Waals surface area contributed by atoms with E-state index in [-0.39, 0.29) is 24.8 Å². The van der Waals surface area contributed by atoms with E-state index < -0.39 is 7.26 Å². The van der Waals surface area contributed by atoms with Crippen LogP contribution in [0.3, 0.4) is 0 Å². The normalized spacial score (nSPS) is 11.0. The van der Waals surface area contributed by atoms with Crippen molar-refractivity contribution in [3.8, 4) is 0 Å². The van der Waals surface area contributed by atoms with E-state index in [9.17, 15) is 0 Å².